The summed E-state index contributed by atoms with van der Waals surface area (Å²) in [6.07, 6.45) is 0.483. The molecule has 7 rings (SSSR count). The second-order valence-corrected chi connectivity index (χ2v) is 13.0. The van der Waals surface area contributed by atoms with Crippen molar-refractivity contribution in [2.24, 2.45) is 13.0 Å². The highest BCUT2D eigenvalue weighted by atomic mass is 32.2. The monoisotopic (exact) mass is 673 g/mol. The Labute approximate surface area is 287 Å². The highest BCUT2D eigenvalue weighted by Gasteiger charge is 2.38. The predicted octanol–water partition coefficient (Wildman–Crippen LogP) is 5.83. The van der Waals surface area contributed by atoms with Crippen LogP contribution in [-0.4, -0.2) is 53.0 Å². The molecule has 4 aromatic carbocycles. The lowest BCUT2D eigenvalue weighted by Crippen LogP contribution is -2.38. The first kappa shape index (κ1) is 32.5. The van der Waals surface area contributed by atoms with Gasteiger partial charge in [0.15, 0.2) is 6.29 Å². The van der Waals surface area contributed by atoms with Crippen molar-refractivity contribution < 1.29 is 19.4 Å². The molecule has 1 amide bonds. The number of para-hydroxylation sites is 2. The molecule has 3 heterocycles. The molecule has 1 aliphatic heterocycles. The summed E-state index contributed by atoms with van der Waals surface area (Å²) in [4.78, 5) is 21.7. The number of hydrogen-bond donors (Lipinski definition) is 2. The van der Waals surface area contributed by atoms with Crippen LogP contribution in [0.2, 0.25) is 0 Å². The van der Waals surface area contributed by atoms with E-state index < -0.39 is 6.29 Å². The molecule has 12 heteroatoms. The van der Waals surface area contributed by atoms with Gasteiger partial charge in [-0.05, 0) is 62.5 Å². The van der Waals surface area contributed by atoms with Gasteiger partial charge in [0.25, 0.3) is 5.91 Å². The van der Waals surface area contributed by atoms with Crippen LogP contribution >= 0.6 is 11.8 Å². The first-order chi connectivity index (χ1) is 23.9. The molecule has 0 saturated carbocycles. The number of aliphatic hydroxyl groups excluding tert-OH is 1. The van der Waals surface area contributed by atoms with Crippen LogP contribution in [0, 0.1) is 5.92 Å². The number of nitrogens with zero attached hydrogens (tertiary/aromatic N) is 6. The number of thioether (sulfide) groups is 1. The van der Waals surface area contributed by atoms with Gasteiger partial charge in [-0.25, -0.2) is 9.67 Å². The van der Waals surface area contributed by atoms with E-state index in [1.807, 2.05) is 85.9 Å². The van der Waals surface area contributed by atoms with Gasteiger partial charge in [-0.3, -0.25) is 9.78 Å². The molecule has 248 valence electrons. The minimum absolute atomic E-state index is 0.0163. The third kappa shape index (κ3) is 7.37. The first-order valence-electron chi connectivity index (χ1n) is 16.0. The Morgan fingerprint density at radius 3 is 2.45 bits per heavy atom. The number of rotatable bonds is 10. The normalized spacial score (nSPS) is 19.2. The minimum atomic E-state index is -0.618. The second-order valence-electron chi connectivity index (χ2n) is 12.0. The van der Waals surface area contributed by atoms with E-state index in [1.165, 1.54) is 6.20 Å². The van der Waals surface area contributed by atoms with Crippen LogP contribution in [-0.2, 0) is 29.7 Å². The molecule has 1 saturated heterocycles. The molecule has 4 unspecified atom stereocenters. The number of amides is 1. The smallest absolute Gasteiger partial charge is 0.271 e. The van der Waals surface area contributed by atoms with Crippen LogP contribution in [0.1, 0.15) is 52.1 Å². The lowest BCUT2D eigenvalue weighted by molar-refractivity contribution is -0.268. The van der Waals surface area contributed by atoms with E-state index >= 15 is 0 Å². The lowest BCUT2D eigenvalue weighted by atomic mass is 9.91. The lowest BCUT2D eigenvalue weighted by Gasteiger charge is -2.41. The van der Waals surface area contributed by atoms with Crippen LogP contribution in [0.15, 0.2) is 108 Å². The van der Waals surface area contributed by atoms with Crippen LogP contribution in [0.25, 0.3) is 22.2 Å². The van der Waals surface area contributed by atoms with Crippen molar-refractivity contribution >= 4 is 28.7 Å². The Bertz CT molecular complexity index is 2070. The number of carbonyl (C=O) groups excluding carboxylic acids is 1. The Morgan fingerprint density at radius 2 is 1.67 bits per heavy atom. The van der Waals surface area contributed by atoms with Gasteiger partial charge < -0.3 is 19.9 Å². The Morgan fingerprint density at radius 1 is 0.898 bits per heavy atom. The maximum Gasteiger partial charge on any atom is 0.271 e. The highest BCUT2D eigenvalue weighted by molar-refractivity contribution is 7.99. The van der Waals surface area contributed by atoms with E-state index in [1.54, 1.807) is 16.4 Å². The second kappa shape index (κ2) is 14.6. The van der Waals surface area contributed by atoms with E-state index in [4.69, 9.17) is 9.47 Å². The molecule has 1 aliphatic rings. The molecule has 6 aromatic rings. The maximum absolute atomic E-state index is 12.9. The summed E-state index contributed by atoms with van der Waals surface area (Å²) in [5.41, 5.74) is 7.41. The number of benzene rings is 4. The number of aliphatic hydroxyl groups is 1. The van der Waals surface area contributed by atoms with Crippen LogP contribution in [0.5, 0.6) is 0 Å². The number of tetrazole rings is 1. The van der Waals surface area contributed by atoms with E-state index in [0.717, 1.165) is 38.9 Å². The molecule has 0 radical (unpaired) electrons. The summed E-state index contributed by atoms with van der Waals surface area (Å²) in [6, 6.07) is 31.6. The third-order valence-corrected chi connectivity index (χ3v) is 9.73. The molecule has 0 aliphatic carbocycles. The number of carbonyl (C=O) groups is 1. The van der Waals surface area contributed by atoms with Gasteiger partial charge in [0, 0.05) is 30.8 Å². The van der Waals surface area contributed by atoms with E-state index in [0.29, 0.717) is 23.0 Å². The first-order valence-corrected chi connectivity index (χ1v) is 17.0. The summed E-state index contributed by atoms with van der Waals surface area (Å²) in [6.45, 7) is 2.45. The molecular weight excluding hydrogens is 639 g/mol. The zero-order valence-corrected chi connectivity index (χ0v) is 27.8. The van der Waals surface area contributed by atoms with Crippen molar-refractivity contribution in [2.75, 3.05) is 5.75 Å². The fourth-order valence-electron chi connectivity index (χ4n) is 5.88. The summed E-state index contributed by atoms with van der Waals surface area (Å²) < 4.78 is 15.0. The Kier molecular flexibility index (Phi) is 9.71. The number of hydrogen-bond acceptors (Lipinski definition) is 10. The van der Waals surface area contributed by atoms with Crippen molar-refractivity contribution in [3.63, 3.8) is 0 Å². The minimum Gasteiger partial charge on any atom is -0.392 e. The van der Waals surface area contributed by atoms with Crippen molar-refractivity contribution in [1.82, 2.24) is 35.5 Å². The van der Waals surface area contributed by atoms with Crippen molar-refractivity contribution in [2.45, 2.75) is 43.7 Å². The number of aromatic nitrogens is 6. The quantitative estimate of drug-likeness (QED) is 0.171. The van der Waals surface area contributed by atoms with Crippen LogP contribution in [0.3, 0.4) is 0 Å². The fraction of sp³-hybridized carbons (Fsp3) is 0.243. The number of aryl methyl sites for hydroxylation is 1. The highest BCUT2D eigenvalue weighted by Crippen LogP contribution is 2.43. The Balaban J connectivity index is 1.09. The van der Waals surface area contributed by atoms with Gasteiger partial charge >= 0.3 is 0 Å². The van der Waals surface area contributed by atoms with Gasteiger partial charge in [-0.2, -0.15) is 0 Å². The molecule has 0 spiro atoms. The average Bonchev–Trinajstić information content (AvgIpc) is 3.57. The zero-order chi connectivity index (χ0) is 33.7. The molecule has 2 aromatic heterocycles. The molecule has 0 bridgehead atoms. The van der Waals surface area contributed by atoms with Gasteiger partial charge in [0.2, 0.25) is 5.16 Å². The van der Waals surface area contributed by atoms with Gasteiger partial charge in [-0.1, -0.05) is 91.5 Å². The molecule has 2 N–H and O–H groups in total. The van der Waals surface area contributed by atoms with E-state index in [2.05, 4.69) is 55.9 Å². The zero-order valence-electron chi connectivity index (χ0n) is 27.0. The van der Waals surface area contributed by atoms with Gasteiger partial charge in [0.1, 0.15) is 5.69 Å². The number of fused-ring (bicyclic) bond motifs is 1. The molecule has 1 fully saturated rings. The maximum atomic E-state index is 12.9. The van der Waals surface area contributed by atoms with Crippen LogP contribution in [0.4, 0.5) is 0 Å². The molecule has 11 nitrogen and oxygen atoms in total. The van der Waals surface area contributed by atoms with E-state index in [-0.39, 0.29) is 36.3 Å². The summed E-state index contributed by atoms with van der Waals surface area (Å²) in [5, 5.41) is 25.1. The molecule has 4 atom stereocenters. The van der Waals surface area contributed by atoms with Crippen molar-refractivity contribution in [1.29, 1.82) is 0 Å². The summed E-state index contributed by atoms with van der Waals surface area (Å²) >= 11 is 1.55. The molecular formula is C37H35N7O4S. The standard InChI is InChI=1S/C37H35N7O4S/c1-23-33(22-49-37-41-42-43-44(37)2)47-36(48-34(23)26-15-13-24(21-45)14-16-26)29-10-6-9-28(18-29)27-8-5-7-25(17-27)19-39-35(46)32-20-38-30-11-3-4-12-31(30)40-32/h3-18,20,23,33-34,36,45H,19,21-22H2,1-2H3,(H,39,46). The van der Waals surface area contributed by atoms with Crippen molar-refractivity contribution in [3.05, 3.63) is 131 Å². The van der Waals surface area contributed by atoms with E-state index in [9.17, 15) is 9.90 Å². The number of nitrogens with one attached hydrogen (secondary N) is 1. The van der Waals surface area contributed by atoms with Crippen LogP contribution < -0.4 is 5.32 Å². The SMILES string of the molecule is CC1C(CSc2nnnn2C)OC(c2cccc(-c3cccc(CNC(=O)c4cnc5ccccc5n4)c3)c2)OC1c1ccc(CO)cc1. The predicted molar refractivity (Wildman–Crippen MR) is 185 cm³/mol. The average molecular weight is 674 g/mol. The fourth-order valence-corrected chi connectivity index (χ4v) is 6.89. The summed E-state index contributed by atoms with van der Waals surface area (Å²) in [7, 11) is 1.82. The third-order valence-electron chi connectivity index (χ3n) is 8.63. The van der Waals surface area contributed by atoms with Crippen molar-refractivity contribution in [3.8, 4) is 11.1 Å². The topological polar surface area (TPSA) is 137 Å². The van der Waals surface area contributed by atoms with Gasteiger partial charge in [0.05, 0.1) is 36.0 Å². The molecule has 49 heavy (non-hydrogen) atoms. The van der Waals surface area contributed by atoms with Gasteiger partial charge in [-0.15, -0.1) is 5.10 Å². The Hall–Kier alpha value is -5.01. The number of ether oxygens (including phenoxy) is 2. The summed E-state index contributed by atoms with van der Waals surface area (Å²) in [5.74, 6) is 0.384. The largest absolute Gasteiger partial charge is 0.392 e.